The molecule has 3 nitrogen and oxygen atoms in total. The number of ether oxygens (including phenoxy) is 1. The van der Waals surface area contributed by atoms with Gasteiger partial charge in [0, 0.05) is 5.92 Å². The maximum Gasteiger partial charge on any atom is 0.283 e. The Bertz CT molecular complexity index is 514. The number of hydrogen-bond donors (Lipinski definition) is 1. The Morgan fingerprint density at radius 3 is 2.67 bits per heavy atom. The van der Waals surface area contributed by atoms with E-state index < -0.39 is 23.8 Å². The van der Waals surface area contributed by atoms with E-state index in [1.54, 1.807) is 0 Å². The van der Waals surface area contributed by atoms with Crippen molar-refractivity contribution in [1.29, 1.82) is 0 Å². The first-order chi connectivity index (χ1) is 8.58. The molecule has 1 aliphatic heterocycles. The number of benzene rings is 1. The van der Waals surface area contributed by atoms with Crippen LogP contribution in [0.5, 0.6) is 0 Å². The van der Waals surface area contributed by atoms with E-state index in [-0.39, 0.29) is 23.6 Å². The van der Waals surface area contributed by atoms with E-state index in [1.165, 1.54) is 6.07 Å². The molecule has 3 rings (SSSR count). The van der Waals surface area contributed by atoms with Gasteiger partial charge in [-0.05, 0) is 18.6 Å². The Kier molecular flexibility index (Phi) is 2.30. The van der Waals surface area contributed by atoms with Gasteiger partial charge in [0.05, 0.1) is 5.56 Å². The summed E-state index contributed by atoms with van der Waals surface area (Å²) in [6, 6.07) is 3.20. The predicted octanol–water partition coefficient (Wildman–Crippen LogP) is 1.86. The second-order valence-electron chi connectivity index (χ2n) is 4.60. The highest BCUT2D eigenvalue weighted by Gasteiger charge is 2.60. The lowest BCUT2D eigenvalue weighted by Gasteiger charge is -2.31. The number of rotatable bonds is 2. The molecule has 2 aliphatic rings. The van der Waals surface area contributed by atoms with Crippen LogP contribution in [0.15, 0.2) is 23.2 Å². The molecular formula is C12H11F3N2O. The van der Waals surface area contributed by atoms with E-state index in [4.69, 9.17) is 10.5 Å². The number of fused-ring (bicyclic) bond motifs is 1. The van der Waals surface area contributed by atoms with E-state index in [0.29, 0.717) is 6.42 Å². The fourth-order valence-corrected chi connectivity index (χ4v) is 2.61. The molecule has 0 spiro atoms. The van der Waals surface area contributed by atoms with E-state index in [9.17, 15) is 13.2 Å². The monoisotopic (exact) mass is 256 g/mol. The summed E-state index contributed by atoms with van der Waals surface area (Å²) in [5.41, 5.74) is 3.52. The number of hydrogen-bond acceptors (Lipinski definition) is 3. The van der Waals surface area contributed by atoms with Crippen molar-refractivity contribution < 1.29 is 17.9 Å². The summed E-state index contributed by atoms with van der Waals surface area (Å²) in [6.45, 7) is -1.00. The standard InChI is InChI=1S/C12H11F3N2O/c13-5-12(6-4-9(6)18-11(16)17-12)10-7(14)2-1-3-8(10)15/h1-3,6,9H,4-5H2,(H2,16,17)/t6-,9+,12-/m1/s1. The van der Waals surface area contributed by atoms with Crippen molar-refractivity contribution in [3.05, 3.63) is 35.4 Å². The summed E-state index contributed by atoms with van der Waals surface area (Å²) in [5.74, 6) is -1.98. The van der Waals surface area contributed by atoms with Gasteiger partial charge in [0.25, 0.3) is 6.02 Å². The lowest BCUT2D eigenvalue weighted by atomic mass is 9.85. The fourth-order valence-electron chi connectivity index (χ4n) is 2.61. The van der Waals surface area contributed by atoms with Gasteiger partial charge >= 0.3 is 0 Å². The Hall–Kier alpha value is -1.72. The molecule has 6 heteroatoms. The number of halogens is 3. The average Bonchev–Trinajstić information content (AvgIpc) is 3.07. The maximum absolute atomic E-state index is 13.8. The van der Waals surface area contributed by atoms with Crippen LogP contribution in [0.25, 0.3) is 0 Å². The number of aliphatic imine (C=N–C) groups is 1. The number of amidine groups is 1. The number of alkyl halides is 1. The summed E-state index contributed by atoms with van der Waals surface area (Å²) in [4.78, 5) is 3.86. The second kappa shape index (κ2) is 3.63. The SMILES string of the molecule is NC1=N[C@@](CF)(c2c(F)cccc2F)[C@@H]2C[C@@H]2O1. The van der Waals surface area contributed by atoms with Gasteiger partial charge in [0.15, 0.2) is 0 Å². The van der Waals surface area contributed by atoms with Gasteiger partial charge in [0.1, 0.15) is 30.0 Å². The lowest BCUT2D eigenvalue weighted by molar-refractivity contribution is 0.164. The highest BCUT2D eigenvalue weighted by molar-refractivity contribution is 5.74. The van der Waals surface area contributed by atoms with Crippen molar-refractivity contribution in [3.63, 3.8) is 0 Å². The summed E-state index contributed by atoms with van der Waals surface area (Å²) in [6.07, 6.45) is 0.208. The first-order valence-corrected chi connectivity index (χ1v) is 5.61. The third-order valence-corrected chi connectivity index (χ3v) is 3.53. The molecule has 1 aromatic carbocycles. The van der Waals surface area contributed by atoms with Crippen molar-refractivity contribution in [2.75, 3.05) is 6.67 Å². The zero-order chi connectivity index (χ0) is 12.9. The zero-order valence-corrected chi connectivity index (χ0v) is 9.37. The predicted molar refractivity (Wildman–Crippen MR) is 58.6 cm³/mol. The molecule has 96 valence electrons. The van der Waals surface area contributed by atoms with Gasteiger partial charge in [0.2, 0.25) is 0 Å². The van der Waals surface area contributed by atoms with Gasteiger partial charge in [-0.25, -0.2) is 18.2 Å². The van der Waals surface area contributed by atoms with E-state index in [0.717, 1.165) is 12.1 Å². The van der Waals surface area contributed by atoms with Gasteiger partial charge in [-0.2, -0.15) is 0 Å². The average molecular weight is 256 g/mol. The van der Waals surface area contributed by atoms with Crippen LogP contribution in [0.1, 0.15) is 12.0 Å². The Balaban J connectivity index is 2.20. The van der Waals surface area contributed by atoms with Crippen LogP contribution in [-0.4, -0.2) is 18.8 Å². The normalized spacial score (nSPS) is 33.4. The van der Waals surface area contributed by atoms with Crippen LogP contribution < -0.4 is 5.73 Å². The van der Waals surface area contributed by atoms with Crippen LogP contribution in [0.3, 0.4) is 0 Å². The summed E-state index contributed by atoms with van der Waals surface area (Å²) >= 11 is 0. The Morgan fingerprint density at radius 2 is 2.06 bits per heavy atom. The highest BCUT2D eigenvalue weighted by atomic mass is 19.1. The van der Waals surface area contributed by atoms with Gasteiger partial charge < -0.3 is 10.5 Å². The summed E-state index contributed by atoms with van der Waals surface area (Å²) in [5, 5.41) is 0. The van der Waals surface area contributed by atoms with Gasteiger partial charge in [-0.1, -0.05) is 6.07 Å². The van der Waals surface area contributed by atoms with E-state index in [1.807, 2.05) is 0 Å². The Morgan fingerprint density at radius 1 is 1.39 bits per heavy atom. The molecule has 2 N–H and O–H groups in total. The minimum Gasteiger partial charge on any atom is -0.462 e. The molecule has 1 aliphatic carbocycles. The first-order valence-electron chi connectivity index (χ1n) is 5.61. The fraction of sp³-hybridized carbons (Fsp3) is 0.417. The topological polar surface area (TPSA) is 47.6 Å². The molecule has 0 bridgehead atoms. The molecule has 1 fully saturated rings. The Labute approximate surface area is 101 Å². The second-order valence-corrected chi connectivity index (χ2v) is 4.60. The van der Waals surface area contributed by atoms with Crippen molar-refractivity contribution in [2.24, 2.45) is 16.6 Å². The van der Waals surface area contributed by atoms with Crippen LogP contribution >= 0.6 is 0 Å². The molecular weight excluding hydrogens is 245 g/mol. The smallest absolute Gasteiger partial charge is 0.283 e. The number of nitrogens with two attached hydrogens (primary N) is 1. The summed E-state index contributed by atoms with van der Waals surface area (Å²) < 4.78 is 46.3. The minimum atomic E-state index is -1.58. The van der Waals surface area contributed by atoms with E-state index >= 15 is 0 Å². The van der Waals surface area contributed by atoms with Crippen molar-refractivity contribution in [3.8, 4) is 0 Å². The summed E-state index contributed by atoms with van der Waals surface area (Å²) in [7, 11) is 0. The molecule has 0 saturated heterocycles. The molecule has 1 heterocycles. The van der Waals surface area contributed by atoms with Crippen LogP contribution in [-0.2, 0) is 10.3 Å². The van der Waals surface area contributed by atoms with Crippen LogP contribution in [0.2, 0.25) is 0 Å². The highest BCUT2D eigenvalue weighted by Crippen LogP contribution is 2.53. The molecule has 18 heavy (non-hydrogen) atoms. The number of nitrogens with zero attached hydrogens (tertiary/aromatic N) is 1. The third-order valence-electron chi connectivity index (χ3n) is 3.53. The van der Waals surface area contributed by atoms with Crippen LogP contribution in [0, 0.1) is 17.6 Å². The molecule has 1 saturated carbocycles. The van der Waals surface area contributed by atoms with Gasteiger partial charge in [-0.15, -0.1) is 0 Å². The van der Waals surface area contributed by atoms with Crippen molar-refractivity contribution in [2.45, 2.75) is 18.1 Å². The molecule has 3 atom stereocenters. The minimum absolute atomic E-state index is 0.214. The largest absolute Gasteiger partial charge is 0.462 e. The lowest BCUT2D eigenvalue weighted by Crippen LogP contribution is -2.40. The van der Waals surface area contributed by atoms with Gasteiger partial charge in [-0.3, -0.25) is 0 Å². The van der Waals surface area contributed by atoms with Crippen LogP contribution in [0.4, 0.5) is 13.2 Å². The van der Waals surface area contributed by atoms with Crippen molar-refractivity contribution >= 4 is 6.02 Å². The molecule has 1 aromatic rings. The zero-order valence-electron chi connectivity index (χ0n) is 9.37. The van der Waals surface area contributed by atoms with Crippen molar-refractivity contribution in [1.82, 2.24) is 0 Å². The molecule has 0 radical (unpaired) electrons. The van der Waals surface area contributed by atoms with E-state index in [2.05, 4.69) is 4.99 Å². The maximum atomic E-state index is 13.8. The molecule has 0 amide bonds. The third kappa shape index (κ3) is 1.41. The first kappa shape index (κ1) is 11.4. The quantitative estimate of drug-likeness (QED) is 0.878. The molecule has 0 aromatic heterocycles. The molecule has 0 unspecified atom stereocenters.